The van der Waals surface area contributed by atoms with Gasteiger partial charge < -0.3 is 37.0 Å². The van der Waals surface area contributed by atoms with E-state index < -0.39 is 30.1 Å². The van der Waals surface area contributed by atoms with Crippen LogP contribution in [-0.4, -0.2) is 83.6 Å². The third-order valence-corrected chi connectivity index (χ3v) is 9.37. The van der Waals surface area contributed by atoms with E-state index in [0.717, 1.165) is 24.8 Å². The molecule has 2 unspecified atom stereocenters. The number of guanidine groups is 1. The molecule has 52 heavy (non-hydrogen) atoms. The van der Waals surface area contributed by atoms with Crippen molar-refractivity contribution in [3.05, 3.63) is 47.3 Å². The van der Waals surface area contributed by atoms with Crippen molar-refractivity contribution in [2.45, 2.75) is 88.9 Å². The summed E-state index contributed by atoms with van der Waals surface area (Å²) in [7, 11) is 0. The number of anilines is 2. The maximum absolute atomic E-state index is 14.0. The number of aliphatic carboxylic acids is 1. The standard InChI is InChI=1S/C35H47F3N10O4/c36-35(37,38)33-45-28(21-29(46-33)48-18-4-7-27(48)31(50)43-17-13-24-9-11-25(22-39)12-10-24)47-19-14-23(15-20-47)5-3-8-30(49)42-16-2-1-6-26(32(51)52)44-34(40)41/h9-12,21,23,26-27H,1-8,13-20H2,(H,42,49)(H,43,50)(H,51,52)(H4,40,41,44). The molecule has 0 spiro atoms. The number of benzene rings is 1. The minimum absolute atomic E-state index is 0.0747. The molecule has 0 aliphatic carbocycles. The van der Waals surface area contributed by atoms with E-state index in [1.807, 2.05) is 17.0 Å². The van der Waals surface area contributed by atoms with Crippen molar-refractivity contribution >= 4 is 35.4 Å². The maximum Gasteiger partial charge on any atom is 0.451 e. The minimum Gasteiger partial charge on any atom is -0.480 e. The van der Waals surface area contributed by atoms with Crippen molar-refractivity contribution in [2.75, 3.05) is 42.5 Å². The quantitative estimate of drug-likeness (QED) is 0.0906. The van der Waals surface area contributed by atoms with Gasteiger partial charge in [-0.3, -0.25) is 9.59 Å². The van der Waals surface area contributed by atoms with E-state index in [1.54, 1.807) is 23.1 Å². The molecule has 14 nitrogen and oxygen atoms in total. The normalized spacial score (nSPS) is 16.9. The van der Waals surface area contributed by atoms with Gasteiger partial charge in [-0.05, 0) is 87.8 Å². The van der Waals surface area contributed by atoms with E-state index in [1.165, 1.54) is 0 Å². The molecule has 4 rings (SSSR count). The van der Waals surface area contributed by atoms with Gasteiger partial charge in [0.1, 0.15) is 17.7 Å². The number of carbonyl (C=O) groups is 3. The summed E-state index contributed by atoms with van der Waals surface area (Å²) in [5, 5.41) is 23.9. The number of alkyl halides is 3. The number of piperidine rings is 1. The van der Waals surface area contributed by atoms with Crippen LogP contribution in [0.15, 0.2) is 35.3 Å². The number of carboxylic acid groups (broad SMARTS) is 1. The number of halogens is 3. The average Bonchev–Trinajstić information content (AvgIpc) is 3.61. The van der Waals surface area contributed by atoms with E-state index in [0.29, 0.717) is 89.2 Å². The van der Waals surface area contributed by atoms with Gasteiger partial charge >= 0.3 is 12.1 Å². The predicted molar refractivity (Wildman–Crippen MR) is 188 cm³/mol. The summed E-state index contributed by atoms with van der Waals surface area (Å²) in [5.74, 6) is -2.44. The lowest BCUT2D eigenvalue weighted by atomic mass is 9.91. The topological polar surface area (TPSA) is 216 Å². The van der Waals surface area contributed by atoms with Crippen molar-refractivity contribution in [2.24, 2.45) is 22.4 Å². The van der Waals surface area contributed by atoms with E-state index >= 15 is 0 Å². The largest absolute Gasteiger partial charge is 0.480 e. The summed E-state index contributed by atoms with van der Waals surface area (Å²) in [5.41, 5.74) is 12.0. The van der Waals surface area contributed by atoms with E-state index in [-0.39, 0.29) is 35.8 Å². The molecule has 1 aromatic heterocycles. The summed E-state index contributed by atoms with van der Waals surface area (Å²) < 4.78 is 42.0. The number of nitrogens with one attached hydrogen (secondary N) is 2. The van der Waals surface area contributed by atoms with Crippen LogP contribution in [0.2, 0.25) is 0 Å². The highest BCUT2D eigenvalue weighted by Crippen LogP contribution is 2.34. The van der Waals surface area contributed by atoms with Crippen molar-refractivity contribution in [1.82, 2.24) is 20.6 Å². The Morgan fingerprint density at radius 3 is 2.37 bits per heavy atom. The Balaban J connectivity index is 1.24. The van der Waals surface area contributed by atoms with Crippen molar-refractivity contribution in [1.29, 1.82) is 5.26 Å². The number of amides is 2. The number of nitriles is 1. The average molecular weight is 729 g/mol. The van der Waals surface area contributed by atoms with Crippen LogP contribution in [0.1, 0.15) is 81.2 Å². The summed E-state index contributed by atoms with van der Waals surface area (Å²) in [6.07, 6.45) is 1.55. The fraction of sp³-hybridized carbons (Fsp3) is 0.571. The second-order valence-electron chi connectivity index (χ2n) is 13.2. The number of unbranched alkanes of at least 4 members (excludes halogenated alkanes) is 1. The SMILES string of the molecule is N#Cc1ccc(CCNC(=O)C2CCCN2c2cc(N3CCC(CCCC(=O)NCCCCC(N=C(N)N)C(=O)O)CC3)nc(C(F)(F)F)n2)cc1. The van der Waals surface area contributed by atoms with E-state index in [9.17, 15) is 27.6 Å². The van der Waals surface area contributed by atoms with Crippen LogP contribution in [0.3, 0.4) is 0 Å². The molecule has 7 N–H and O–H groups in total. The lowest BCUT2D eigenvalue weighted by Gasteiger charge is -2.34. The highest BCUT2D eigenvalue weighted by Gasteiger charge is 2.39. The zero-order chi connectivity index (χ0) is 37.7. The Labute approximate surface area is 300 Å². The molecule has 2 aliphatic heterocycles. The Morgan fingerprint density at radius 1 is 1.00 bits per heavy atom. The number of hydrogen-bond donors (Lipinski definition) is 5. The van der Waals surface area contributed by atoms with Crippen molar-refractivity contribution in [3.63, 3.8) is 0 Å². The predicted octanol–water partition coefficient (Wildman–Crippen LogP) is 3.09. The Kier molecular flexibility index (Phi) is 14.4. The van der Waals surface area contributed by atoms with Crippen LogP contribution >= 0.6 is 0 Å². The van der Waals surface area contributed by atoms with Crippen molar-refractivity contribution in [3.8, 4) is 6.07 Å². The first-order valence-corrected chi connectivity index (χ1v) is 17.7. The van der Waals surface area contributed by atoms with Gasteiger partial charge in [0.15, 0.2) is 12.0 Å². The van der Waals surface area contributed by atoms with E-state index in [2.05, 4.69) is 31.7 Å². The van der Waals surface area contributed by atoms with Crippen LogP contribution in [0, 0.1) is 17.2 Å². The molecule has 0 saturated carbocycles. The number of nitrogens with two attached hydrogens (primary N) is 2. The molecule has 2 atom stereocenters. The lowest BCUT2D eigenvalue weighted by molar-refractivity contribution is -0.145. The van der Waals surface area contributed by atoms with Gasteiger partial charge in [-0.15, -0.1) is 0 Å². The van der Waals surface area contributed by atoms with E-state index in [4.69, 9.17) is 21.8 Å². The molecule has 1 aromatic carbocycles. The van der Waals surface area contributed by atoms with Gasteiger partial charge in [-0.25, -0.2) is 19.8 Å². The number of aliphatic imine (C=N–C) groups is 1. The molecule has 2 fully saturated rings. The van der Waals surface area contributed by atoms with Gasteiger partial charge in [0.25, 0.3) is 0 Å². The molecular formula is C35H47F3N10O4. The Bertz CT molecular complexity index is 1590. The second-order valence-corrected chi connectivity index (χ2v) is 13.2. The zero-order valence-corrected chi connectivity index (χ0v) is 29.1. The molecule has 2 aromatic rings. The molecule has 2 saturated heterocycles. The summed E-state index contributed by atoms with van der Waals surface area (Å²) in [6, 6.07) is 9.00. The Morgan fingerprint density at radius 2 is 1.71 bits per heavy atom. The number of carboxylic acids is 1. The smallest absolute Gasteiger partial charge is 0.451 e. The monoisotopic (exact) mass is 728 g/mol. The number of hydrogen-bond acceptors (Lipinski definition) is 9. The summed E-state index contributed by atoms with van der Waals surface area (Å²) >= 11 is 0. The lowest BCUT2D eigenvalue weighted by Crippen LogP contribution is -2.44. The third kappa shape index (κ3) is 12.0. The van der Waals surface area contributed by atoms with Crippen LogP contribution in [-0.2, 0) is 27.0 Å². The van der Waals surface area contributed by atoms with Crippen molar-refractivity contribution < 1.29 is 32.7 Å². The fourth-order valence-corrected chi connectivity index (χ4v) is 6.57. The molecule has 0 bridgehead atoms. The first kappa shape index (κ1) is 39.6. The third-order valence-electron chi connectivity index (χ3n) is 9.37. The molecule has 0 radical (unpaired) electrons. The number of aromatic nitrogens is 2. The van der Waals surface area contributed by atoms with Gasteiger partial charge in [0.2, 0.25) is 17.6 Å². The van der Waals surface area contributed by atoms with Crippen LogP contribution in [0.25, 0.3) is 0 Å². The molecule has 3 heterocycles. The van der Waals surface area contributed by atoms with Crippen LogP contribution in [0.5, 0.6) is 0 Å². The molecular weight excluding hydrogens is 681 g/mol. The fourth-order valence-electron chi connectivity index (χ4n) is 6.57. The van der Waals surface area contributed by atoms with Gasteiger partial charge in [0.05, 0.1) is 11.6 Å². The molecule has 2 amide bonds. The zero-order valence-electron chi connectivity index (χ0n) is 29.1. The van der Waals surface area contributed by atoms with Gasteiger partial charge in [0, 0.05) is 45.2 Å². The number of carbonyl (C=O) groups excluding carboxylic acids is 2. The van der Waals surface area contributed by atoms with Gasteiger partial charge in [-0.1, -0.05) is 12.1 Å². The highest BCUT2D eigenvalue weighted by atomic mass is 19.4. The second kappa shape index (κ2) is 18.9. The first-order chi connectivity index (χ1) is 24.8. The molecule has 282 valence electrons. The van der Waals surface area contributed by atoms with Crippen LogP contribution < -0.4 is 31.9 Å². The number of rotatable bonds is 17. The molecule has 2 aliphatic rings. The summed E-state index contributed by atoms with van der Waals surface area (Å²) in [4.78, 5) is 51.6. The first-order valence-electron chi connectivity index (χ1n) is 17.7. The maximum atomic E-state index is 14.0. The highest BCUT2D eigenvalue weighted by molar-refractivity contribution is 5.85. The minimum atomic E-state index is -4.77. The number of nitrogens with zero attached hydrogens (tertiary/aromatic N) is 6. The molecule has 17 heteroatoms. The van der Waals surface area contributed by atoms with Gasteiger partial charge in [-0.2, -0.15) is 18.4 Å². The Hall–Kier alpha value is -5.14. The van der Waals surface area contributed by atoms with Crippen LogP contribution in [0.4, 0.5) is 24.8 Å². The summed E-state index contributed by atoms with van der Waals surface area (Å²) in [6.45, 7) is 2.15.